The number of aryl methyl sites for hydroxylation is 1. The predicted octanol–water partition coefficient (Wildman–Crippen LogP) is 2.05. The molecule has 144 valence electrons. The molecule has 1 aliphatic heterocycles. The van der Waals surface area contributed by atoms with Gasteiger partial charge in [0, 0.05) is 50.8 Å². The summed E-state index contributed by atoms with van der Waals surface area (Å²) in [6.45, 7) is 6.92. The van der Waals surface area contributed by atoms with Crippen LogP contribution in [0.2, 0.25) is 0 Å². The van der Waals surface area contributed by atoms with Gasteiger partial charge in [-0.05, 0) is 31.9 Å². The van der Waals surface area contributed by atoms with E-state index in [1.807, 2.05) is 23.1 Å². The number of nitrogens with zero attached hydrogens (tertiary/aromatic N) is 8. The van der Waals surface area contributed by atoms with Crippen molar-refractivity contribution in [3.63, 3.8) is 0 Å². The molecule has 27 heavy (non-hydrogen) atoms. The monoisotopic (exact) mass is 368 g/mol. The zero-order valence-electron chi connectivity index (χ0n) is 16.2. The summed E-state index contributed by atoms with van der Waals surface area (Å²) in [5.41, 5.74) is 0. The third-order valence-electron chi connectivity index (χ3n) is 5.36. The van der Waals surface area contributed by atoms with Gasteiger partial charge in [-0.3, -0.25) is 9.58 Å². The molecule has 0 N–H and O–H groups in total. The number of aromatic nitrogens is 7. The fourth-order valence-corrected chi connectivity index (χ4v) is 3.95. The van der Waals surface area contributed by atoms with Crippen LogP contribution in [-0.2, 0) is 26.7 Å². The van der Waals surface area contributed by atoms with Gasteiger partial charge in [-0.25, -0.2) is 4.98 Å². The molecule has 1 fully saturated rings. The van der Waals surface area contributed by atoms with Crippen LogP contribution in [0.4, 0.5) is 0 Å². The van der Waals surface area contributed by atoms with E-state index in [4.69, 9.17) is 0 Å². The smallest absolute Gasteiger partial charge is 0.154 e. The Morgan fingerprint density at radius 3 is 2.85 bits per heavy atom. The van der Waals surface area contributed by atoms with Gasteiger partial charge in [-0.15, -0.1) is 10.2 Å². The van der Waals surface area contributed by atoms with E-state index in [1.54, 1.807) is 6.20 Å². The summed E-state index contributed by atoms with van der Waals surface area (Å²) in [6.07, 6.45) is 11.2. The molecule has 1 atom stereocenters. The van der Waals surface area contributed by atoms with E-state index in [9.17, 15) is 0 Å². The number of imidazole rings is 1. The van der Waals surface area contributed by atoms with Crippen LogP contribution in [0.3, 0.4) is 0 Å². The minimum absolute atomic E-state index is 0.414. The van der Waals surface area contributed by atoms with Crippen molar-refractivity contribution in [1.29, 1.82) is 0 Å². The summed E-state index contributed by atoms with van der Waals surface area (Å²) in [5, 5.41) is 13.2. The Labute approximate surface area is 159 Å². The third kappa shape index (κ3) is 3.95. The molecular weight excluding hydrogens is 340 g/mol. The molecule has 8 nitrogen and oxygen atoms in total. The van der Waals surface area contributed by atoms with E-state index in [2.05, 4.69) is 54.5 Å². The lowest BCUT2D eigenvalue weighted by Gasteiger charge is -2.32. The highest BCUT2D eigenvalue weighted by Crippen LogP contribution is 2.26. The molecule has 0 aliphatic carbocycles. The number of hydrogen-bond acceptors (Lipinski definition) is 5. The highest BCUT2D eigenvalue weighted by atomic mass is 15.3. The molecule has 3 aromatic heterocycles. The molecule has 0 spiro atoms. The topological polar surface area (TPSA) is 69.6 Å². The molecule has 0 bridgehead atoms. The van der Waals surface area contributed by atoms with Gasteiger partial charge in [0.25, 0.3) is 0 Å². The third-order valence-corrected chi connectivity index (χ3v) is 5.36. The first-order valence-corrected chi connectivity index (χ1v) is 9.82. The molecule has 3 aromatic rings. The van der Waals surface area contributed by atoms with Crippen molar-refractivity contribution >= 4 is 0 Å². The zero-order valence-corrected chi connectivity index (χ0v) is 16.2. The number of likely N-dealkylation sites (tertiary alicyclic amines) is 1. The lowest BCUT2D eigenvalue weighted by molar-refractivity contribution is 0.188. The van der Waals surface area contributed by atoms with E-state index in [1.165, 1.54) is 6.42 Å². The summed E-state index contributed by atoms with van der Waals surface area (Å²) < 4.78 is 6.30. The van der Waals surface area contributed by atoms with E-state index in [0.717, 1.165) is 56.5 Å². The van der Waals surface area contributed by atoms with Crippen molar-refractivity contribution in [3.05, 3.63) is 48.3 Å². The van der Waals surface area contributed by atoms with Crippen LogP contribution in [0.15, 0.2) is 30.9 Å². The van der Waals surface area contributed by atoms with Crippen LogP contribution in [0.1, 0.15) is 49.6 Å². The Balaban J connectivity index is 1.44. The van der Waals surface area contributed by atoms with Crippen LogP contribution in [0.25, 0.3) is 0 Å². The van der Waals surface area contributed by atoms with Crippen molar-refractivity contribution in [1.82, 2.24) is 39.0 Å². The van der Waals surface area contributed by atoms with Gasteiger partial charge in [0.2, 0.25) is 0 Å². The lowest BCUT2D eigenvalue weighted by Crippen LogP contribution is -2.35. The maximum atomic E-state index is 4.57. The molecular formula is C19H28N8. The second kappa shape index (κ2) is 8.04. The summed E-state index contributed by atoms with van der Waals surface area (Å²) in [6, 6.07) is 1.93. The van der Waals surface area contributed by atoms with E-state index in [0.29, 0.717) is 12.5 Å². The van der Waals surface area contributed by atoms with Gasteiger partial charge in [0.15, 0.2) is 5.82 Å². The van der Waals surface area contributed by atoms with Gasteiger partial charge < -0.3 is 9.13 Å². The van der Waals surface area contributed by atoms with Gasteiger partial charge in [-0.1, -0.05) is 6.92 Å². The van der Waals surface area contributed by atoms with Crippen molar-refractivity contribution in [2.75, 3.05) is 13.1 Å². The van der Waals surface area contributed by atoms with Gasteiger partial charge >= 0.3 is 0 Å². The summed E-state index contributed by atoms with van der Waals surface area (Å²) in [7, 11) is 2.07. The minimum Gasteiger partial charge on any atom is -0.334 e. The second-order valence-corrected chi connectivity index (χ2v) is 7.35. The molecule has 0 unspecified atom stereocenters. The standard InChI is InChI=1S/C19H28N8/c1-3-9-26-12-8-20-17(26)14-25-10-4-6-16(13-25)19-23-22-18(24(19)2)15-27-11-5-7-21-27/h5,7-8,11-12,16H,3-4,6,9-10,13-15H2,1-2H3/t16-/m0/s1. The fourth-order valence-electron chi connectivity index (χ4n) is 3.95. The van der Waals surface area contributed by atoms with E-state index in [-0.39, 0.29) is 0 Å². The molecule has 4 rings (SSSR count). The van der Waals surface area contributed by atoms with Gasteiger partial charge in [0.05, 0.1) is 6.54 Å². The molecule has 4 heterocycles. The zero-order chi connectivity index (χ0) is 18.6. The predicted molar refractivity (Wildman–Crippen MR) is 102 cm³/mol. The van der Waals surface area contributed by atoms with Crippen LogP contribution in [0, 0.1) is 0 Å². The van der Waals surface area contributed by atoms with Gasteiger partial charge in [-0.2, -0.15) is 5.10 Å². The van der Waals surface area contributed by atoms with Crippen LogP contribution in [0.5, 0.6) is 0 Å². The maximum Gasteiger partial charge on any atom is 0.154 e. The molecule has 1 saturated heterocycles. The van der Waals surface area contributed by atoms with Crippen LogP contribution < -0.4 is 0 Å². The second-order valence-electron chi connectivity index (χ2n) is 7.35. The molecule has 8 heteroatoms. The largest absolute Gasteiger partial charge is 0.334 e. The number of hydrogen-bond donors (Lipinski definition) is 0. The highest BCUT2D eigenvalue weighted by Gasteiger charge is 2.26. The summed E-state index contributed by atoms with van der Waals surface area (Å²) >= 11 is 0. The molecule has 0 aromatic carbocycles. The Hall–Kier alpha value is -2.48. The van der Waals surface area contributed by atoms with Crippen LogP contribution in [-0.4, -0.2) is 52.1 Å². The summed E-state index contributed by atoms with van der Waals surface area (Å²) in [4.78, 5) is 7.07. The molecule has 0 radical (unpaired) electrons. The first-order valence-electron chi connectivity index (χ1n) is 9.82. The molecule has 0 saturated carbocycles. The molecule has 1 aliphatic rings. The van der Waals surface area contributed by atoms with Crippen molar-refractivity contribution < 1.29 is 0 Å². The highest BCUT2D eigenvalue weighted by molar-refractivity contribution is 5.05. The van der Waals surface area contributed by atoms with Crippen molar-refractivity contribution in [2.24, 2.45) is 7.05 Å². The van der Waals surface area contributed by atoms with E-state index < -0.39 is 0 Å². The number of piperidine rings is 1. The maximum absolute atomic E-state index is 4.57. The number of rotatable bonds is 7. The van der Waals surface area contributed by atoms with Crippen molar-refractivity contribution in [3.8, 4) is 0 Å². The minimum atomic E-state index is 0.414. The Kier molecular flexibility index (Phi) is 5.33. The normalized spacial score (nSPS) is 18.2. The average Bonchev–Trinajstić information content (AvgIpc) is 3.40. The van der Waals surface area contributed by atoms with Crippen LogP contribution >= 0.6 is 0 Å². The van der Waals surface area contributed by atoms with Gasteiger partial charge in [0.1, 0.15) is 18.2 Å². The lowest BCUT2D eigenvalue weighted by atomic mass is 9.97. The average molecular weight is 368 g/mol. The Bertz CT molecular complexity index is 847. The Morgan fingerprint density at radius 2 is 2.04 bits per heavy atom. The fraction of sp³-hybridized carbons (Fsp3) is 0.579. The molecule has 0 amide bonds. The summed E-state index contributed by atoms with van der Waals surface area (Å²) in [5.74, 6) is 3.61. The van der Waals surface area contributed by atoms with E-state index >= 15 is 0 Å². The first kappa shape index (κ1) is 17.9. The first-order chi connectivity index (χ1) is 13.2. The van der Waals surface area contributed by atoms with Crippen molar-refractivity contribution in [2.45, 2.75) is 51.7 Å². The quantitative estimate of drug-likeness (QED) is 0.638. The SMILES string of the molecule is CCCn1ccnc1CN1CCC[C@H](c2nnc(Cn3cccn3)n2C)C1. The Morgan fingerprint density at radius 1 is 1.11 bits per heavy atom.